The summed E-state index contributed by atoms with van der Waals surface area (Å²) in [5.41, 5.74) is 0. The Hall–Kier alpha value is -1.92. The third kappa shape index (κ3) is 75.1. The zero-order valence-corrected chi connectivity index (χ0v) is 61.1. The normalized spacial score (nSPS) is 12.6. The minimum absolute atomic E-state index is 0.0219. The number of allylic oxidation sites excluding steroid dienone is 5. The van der Waals surface area contributed by atoms with Crippen LogP contribution in [-0.2, 0) is 14.3 Å². The smallest absolute Gasteiger partial charge is 0.305 e. The van der Waals surface area contributed by atoms with Crippen molar-refractivity contribution in [3.8, 4) is 0 Å². The van der Waals surface area contributed by atoms with E-state index in [4.69, 9.17) is 4.74 Å². The maximum absolute atomic E-state index is 12.5. The number of carbonyl (C=O) groups excluding carboxylic acids is 2. The van der Waals surface area contributed by atoms with Gasteiger partial charge in [0.1, 0.15) is 0 Å². The second-order valence-electron chi connectivity index (χ2n) is 28.5. The highest BCUT2D eigenvalue weighted by atomic mass is 16.5. The average molecular weight is 1270 g/mol. The van der Waals surface area contributed by atoms with Gasteiger partial charge >= 0.3 is 5.97 Å². The second-order valence-corrected chi connectivity index (χ2v) is 28.5. The minimum Gasteiger partial charge on any atom is -0.466 e. The van der Waals surface area contributed by atoms with Crippen LogP contribution in [0, 0.1) is 0 Å². The van der Waals surface area contributed by atoms with Crippen molar-refractivity contribution in [3.05, 3.63) is 36.5 Å². The molecule has 0 saturated carbocycles. The van der Waals surface area contributed by atoms with Gasteiger partial charge in [-0.25, -0.2) is 0 Å². The standard InChI is InChI=1S/C84H161NO5/c1-3-5-7-9-11-13-15-17-19-21-23-41-44-48-52-56-60-64-68-72-76-82(87)81(80-86)85-83(88)77-73-69-65-61-57-53-49-45-42-39-37-35-33-31-29-27-25-24-26-28-30-32-34-36-38-40-43-47-51-55-59-63-67-71-75-79-90-84(89)78-74-70-66-62-58-54-50-46-22-20-18-16-14-12-10-8-6-4-2/h26,28,32,34,72,76,81-82,86-87H,3-25,27,29-31,33,35-71,73-75,77-80H2,1-2H3,(H,85,88)/b28-26-,34-32-,76-72+. The summed E-state index contributed by atoms with van der Waals surface area (Å²) in [6.45, 7) is 4.96. The molecule has 0 aromatic rings. The Morgan fingerprint density at radius 2 is 0.556 bits per heavy atom. The van der Waals surface area contributed by atoms with Crippen LogP contribution < -0.4 is 5.32 Å². The van der Waals surface area contributed by atoms with Crippen molar-refractivity contribution in [1.29, 1.82) is 0 Å². The van der Waals surface area contributed by atoms with Crippen molar-refractivity contribution in [3.63, 3.8) is 0 Å². The van der Waals surface area contributed by atoms with Gasteiger partial charge in [-0.05, 0) is 64.2 Å². The predicted octanol–water partition coefficient (Wildman–Crippen LogP) is 27.4. The summed E-state index contributed by atoms with van der Waals surface area (Å²) in [4.78, 5) is 24.7. The van der Waals surface area contributed by atoms with Crippen molar-refractivity contribution in [1.82, 2.24) is 5.32 Å². The lowest BCUT2D eigenvalue weighted by atomic mass is 10.0. The third-order valence-electron chi connectivity index (χ3n) is 19.4. The lowest BCUT2D eigenvalue weighted by Gasteiger charge is -2.20. The van der Waals surface area contributed by atoms with Crippen LogP contribution in [0.2, 0.25) is 0 Å². The molecule has 0 radical (unpaired) electrons. The van der Waals surface area contributed by atoms with Crippen LogP contribution in [0.5, 0.6) is 0 Å². The molecule has 0 aliphatic rings. The van der Waals surface area contributed by atoms with Crippen LogP contribution in [0.25, 0.3) is 0 Å². The molecule has 0 aromatic heterocycles. The molecule has 0 saturated heterocycles. The number of ether oxygens (including phenoxy) is 1. The molecule has 6 heteroatoms. The summed E-state index contributed by atoms with van der Waals surface area (Å²) in [5, 5.41) is 23.3. The highest BCUT2D eigenvalue weighted by molar-refractivity contribution is 5.76. The molecule has 1 amide bonds. The van der Waals surface area contributed by atoms with Crippen molar-refractivity contribution in [2.75, 3.05) is 13.2 Å². The Bertz CT molecular complexity index is 1460. The first kappa shape index (κ1) is 88.1. The number of hydrogen-bond donors (Lipinski definition) is 3. The van der Waals surface area contributed by atoms with E-state index in [1.54, 1.807) is 6.08 Å². The summed E-state index contributed by atoms with van der Waals surface area (Å²) in [6.07, 6.45) is 104. The van der Waals surface area contributed by atoms with Crippen LogP contribution in [0.4, 0.5) is 0 Å². The number of unbranched alkanes of at least 4 members (excludes halogenated alkanes) is 63. The van der Waals surface area contributed by atoms with Crippen LogP contribution in [0.1, 0.15) is 463 Å². The molecule has 0 aliphatic carbocycles. The molecule has 0 spiro atoms. The molecule has 0 rings (SSSR count). The fourth-order valence-corrected chi connectivity index (χ4v) is 13.1. The monoisotopic (exact) mass is 1260 g/mol. The topological polar surface area (TPSA) is 95.9 Å². The summed E-state index contributed by atoms with van der Waals surface area (Å²) in [7, 11) is 0. The number of hydrogen-bond acceptors (Lipinski definition) is 5. The first-order valence-corrected chi connectivity index (χ1v) is 41.3. The Morgan fingerprint density at radius 1 is 0.311 bits per heavy atom. The summed E-state index contributed by atoms with van der Waals surface area (Å²) < 4.78 is 5.52. The summed E-state index contributed by atoms with van der Waals surface area (Å²) in [5.74, 6) is -0.0394. The second kappa shape index (κ2) is 79.5. The zero-order chi connectivity index (χ0) is 64.9. The molecule has 90 heavy (non-hydrogen) atoms. The number of esters is 1. The highest BCUT2D eigenvalue weighted by Gasteiger charge is 2.18. The molecule has 2 atom stereocenters. The van der Waals surface area contributed by atoms with Gasteiger partial charge in [0.2, 0.25) is 5.91 Å². The summed E-state index contributed by atoms with van der Waals surface area (Å²) >= 11 is 0. The molecule has 0 bridgehead atoms. The molecular formula is C84H161NO5. The molecule has 0 aliphatic heterocycles. The lowest BCUT2D eigenvalue weighted by Crippen LogP contribution is -2.45. The highest BCUT2D eigenvalue weighted by Crippen LogP contribution is 2.20. The number of carbonyl (C=O) groups is 2. The molecule has 0 aromatic carbocycles. The van der Waals surface area contributed by atoms with Crippen molar-refractivity contribution < 1.29 is 24.5 Å². The molecule has 6 nitrogen and oxygen atoms in total. The van der Waals surface area contributed by atoms with E-state index < -0.39 is 12.1 Å². The van der Waals surface area contributed by atoms with Crippen molar-refractivity contribution >= 4 is 11.9 Å². The molecule has 2 unspecified atom stereocenters. The van der Waals surface area contributed by atoms with Gasteiger partial charge in [0.15, 0.2) is 0 Å². The van der Waals surface area contributed by atoms with E-state index in [2.05, 4.69) is 43.5 Å². The lowest BCUT2D eigenvalue weighted by molar-refractivity contribution is -0.143. The van der Waals surface area contributed by atoms with Crippen molar-refractivity contribution in [2.45, 2.75) is 475 Å². The van der Waals surface area contributed by atoms with Gasteiger partial charge in [-0.15, -0.1) is 0 Å². The quantitative estimate of drug-likeness (QED) is 0.0320. The Morgan fingerprint density at radius 3 is 0.844 bits per heavy atom. The van der Waals surface area contributed by atoms with E-state index in [0.717, 1.165) is 44.9 Å². The third-order valence-corrected chi connectivity index (χ3v) is 19.4. The maximum atomic E-state index is 12.5. The fraction of sp³-hybridized carbons (Fsp3) is 0.905. The Kier molecular flexibility index (Phi) is 77.8. The van der Waals surface area contributed by atoms with E-state index in [-0.39, 0.29) is 18.5 Å². The van der Waals surface area contributed by atoms with Crippen molar-refractivity contribution in [2.24, 2.45) is 0 Å². The molecule has 0 fully saturated rings. The van der Waals surface area contributed by atoms with Crippen LogP contribution in [0.15, 0.2) is 36.5 Å². The van der Waals surface area contributed by atoms with E-state index in [9.17, 15) is 19.8 Å². The predicted molar refractivity (Wildman–Crippen MR) is 398 cm³/mol. The van der Waals surface area contributed by atoms with Gasteiger partial charge in [-0.2, -0.15) is 0 Å². The number of aliphatic hydroxyl groups is 2. The van der Waals surface area contributed by atoms with Gasteiger partial charge < -0.3 is 20.3 Å². The van der Waals surface area contributed by atoms with Gasteiger partial charge in [0, 0.05) is 12.8 Å². The molecular weight excluding hydrogens is 1100 g/mol. The Labute approximate surface area is 564 Å². The SMILES string of the molecule is CCCCCCCCCCCCCCCCCCCC/C=C/C(O)C(CO)NC(=O)CCCCCCCCCCCCCCCCCCC/C=C\C/C=C\CCCCCCCCCCCCCOC(=O)CCCCCCCCCCCCCCCCCCCC. The average Bonchev–Trinajstić information content (AvgIpc) is 3.68. The van der Waals surface area contributed by atoms with E-state index in [1.165, 1.54) is 392 Å². The van der Waals surface area contributed by atoms with Crippen LogP contribution >= 0.6 is 0 Å². The van der Waals surface area contributed by atoms with Gasteiger partial charge in [0.25, 0.3) is 0 Å². The molecule has 0 heterocycles. The van der Waals surface area contributed by atoms with E-state index >= 15 is 0 Å². The van der Waals surface area contributed by atoms with Gasteiger partial charge in [-0.3, -0.25) is 9.59 Å². The fourth-order valence-electron chi connectivity index (χ4n) is 13.1. The van der Waals surface area contributed by atoms with Gasteiger partial charge in [0.05, 0.1) is 25.4 Å². The number of rotatable bonds is 78. The van der Waals surface area contributed by atoms with Crippen LogP contribution in [0.3, 0.4) is 0 Å². The number of nitrogens with one attached hydrogen (secondary N) is 1. The molecule has 3 N–H and O–H groups in total. The first-order chi connectivity index (χ1) is 44.5. The Balaban J connectivity index is 3.37. The van der Waals surface area contributed by atoms with E-state index in [1.807, 2.05) is 6.08 Å². The number of aliphatic hydroxyl groups excluding tert-OH is 2. The molecule has 532 valence electrons. The van der Waals surface area contributed by atoms with Gasteiger partial charge in [-0.1, -0.05) is 423 Å². The zero-order valence-electron chi connectivity index (χ0n) is 61.1. The number of amides is 1. The van der Waals surface area contributed by atoms with Crippen LogP contribution in [-0.4, -0.2) is 47.4 Å². The summed E-state index contributed by atoms with van der Waals surface area (Å²) in [6, 6.07) is -0.627. The minimum atomic E-state index is -0.844. The first-order valence-electron chi connectivity index (χ1n) is 41.3. The maximum Gasteiger partial charge on any atom is 0.305 e. The largest absolute Gasteiger partial charge is 0.466 e. The van der Waals surface area contributed by atoms with E-state index in [0.29, 0.717) is 19.4 Å².